The predicted octanol–water partition coefficient (Wildman–Crippen LogP) is 2.09. The van der Waals surface area contributed by atoms with Crippen molar-refractivity contribution in [1.29, 1.82) is 0 Å². The van der Waals surface area contributed by atoms with Crippen LogP contribution in [0, 0.1) is 6.92 Å². The quantitative estimate of drug-likeness (QED) is 0.690. The number of fused-ring (bicyclic) bond motifs is 1. The Bertz CT molecular complexity index is 1030. The zero-order valence-electron chi connectivity index (χ0n) is 15.3. The molecule has 4 rings (SSSR count). The van der Waals surface area contributed by atoms with Gasteiger partial charge < -0.3 is 9.80 Å². The number of nitrogens with zero attached hydrogens (tertiary/aromatic N) is 5. The van der Waals surface area contributed by atoms with E-state index in [1.807, 2.05) is 42.3 Å². The van der Waals surface area contributed by atoms with Gasteiger partial charge >= 0.3 is 0 Å². The van der Waals surface area contributed by atoms with Crippen LogP contribution in [0.1, 0.15) is 24.1 Å². The number of likely N-dealkylation sites (N-methyl/N-ethyl adjacent to an activating group) is 1. The van der Waals surface area contributed by atoms with Crippen LogP contribution in [0.3, 0.4) is 0 Å². The van der Waals surface area contributed by atoms with Gasteiger partial charge in [-0.25, -0.2) is 4.98 Å². The highest BCUT2D eigenvalue weighted by Gasteiger charge is 2.34. The van der Waals surface area contributed by atoms with Gasteiger partial charge in [0.05, 0.1) is 0 Å². The number of rotatable bonds is 4. The second-order valence-corrected chi connectivity index (χ2v) is 7.78. The van der Waals surface area contributed by atoms with Crippen LogP contribution in [0.5, 0.6) is 0 Å². The van der Waals surface area contributed by atoms with Crippen molar-refractivity contribution in [3.63, 3.8) is 0 Å². The lowest BCUT2D eigenvalue weighted by molar-refractivity contribution is -0.131. The van der Waals surface area contributed by atoms with E-state index in [1.165, 1.54) is 21.9 Å². The van der Waals surface area contributed by atoms with Crippen molar-refractivity contribution in [1.82, 2.24) is 19.5 Å². The van der Waals surface area contributed by atoms with Gasteiger partial charge in [-0.05, 0) is 25.3 Å². The molecule has 140 valence electrons. The van der Waals surface area contributed by atoms with Crippen LogP contribution >= 0.6 is 11.3 Å². The fourth-order valence-corrected chi connectivity index (χ4v) is 4.50. The van der Waals surface area contributed by atoms with Crippen molar-refractivity contribution >= 4 is 27.3 Å². The molecular formula is C19H21N5O2S. The van der Waals surface area contributed by atoms with Crippen LogP contribution in [0.25, 0.3) is 4.96 Å². The van der Waals surface area contributed by atoms with Crippen molar-refractivity contribution in [2.45, 2.75) is 32.4 Å². The minimum atomic E-state index is -0.254. The lowest BCUT2D eigenvalue weighted by atomic mass is 10.1. The third-order valence-corrected chi connectivity index (χ3v) is 5.73. The molecule has 1 atom stereocenters. The Kier molecular flexibility index (Phi) is 4.65. The maximum absolute atomic E-state index is 13.0. The zero-order chi connectivity index (χ0) is 19.0. The molecule has 1 fully saturated rings. The molecular weight excluding hydrogens is 362 g/mol. The molecule has 1 unspecified atom stereocenters. The smallest absolute Gasteiger partial charge is 0.275 e. The van der Waals surface area contributed by atoms with Gasteiger partial charge in [0.1, 0.15) is 6.04 Å². The summed E-state index contributed by atoms with van der Waals surface area (Å²) in [5, 5.41) is 5.10. The summed E-state index contributed by atoms with van der Waals surface area (Å²) in [5.74, 6) is 0.0760. The molecule has 0 spiro atoms. The number of aromatic nitrogens is 3. The molecule has 7 nitrogen and oxygen atoms in total. The van der Waals surface area contributed by atoms with Gasteiger partial charge in [-0.1, -0.05) is 41.7 Å². The van der Waals surface area contributed by atoms with Gasteiger partial charge in [0.2, 0.25) is 16.0 Å². The highest BCUT2D eigenvalue weighted by molar-refractivity contribution is 7.20. The fraction of sp³-hybridized carbons (Fsp3) is 0.368. The monoisotopic (exact) mass is 383 g/mol. The second kappa shape index (κ2) is 7.11. The number of carbonyl (C=O) groups is 1. The summed E-state index contributed by atoms with van der Waals surface area (Å²) < 4.78 is 1.32. The molecule has 1 aliphatic rings. The molecule has 27 heavy (non-hydrogen) atoms. The van der Waals surface area contributed by atoms with E-state index >= 15 is 0 Å². The summed E-state index contributed by atoms with van der Waals surface area (Å²) in [4.78, 5) is 33.9. The Balaban J connectivity index is 1.57. The average Bonchev–Trinajstić information content (AvgIpc) is 3.28. The van der Waals surface area contributed by atoms with E-state index in [2.05, 4.69) is 10.1 Å². The first-order valence-electron chi connectivity index (χ1n) is 8.96. The second-order valence-electron chi connectivity index (χ2n) is 6.85. The Labute approximate surface area is 160 Å². The third kappa shape index (κ3) is 3.44. The minimum Gasteiger partial charge on any atom is -0.340 e. The maximum atomic E-state index is 13.0. The summed E-state index contributed by atoms with van der Waals surface area (Å²) in [6.07, 6.45) is 1.71. The van der Waals surface area contributed by atoms with Crippen molar-refractivity contribution in [2.24, 2.45) is 0 Å². The maximum Gasteiger partial charge on any atom is 0.275 e. The molecule has 0 N–H and O–H groups in total. The molecule has 1 amide bonds. The molecule has 0 radical (unpaired) electrons. The van der Waals surface area contributed by atoms with Gasteiger partial charge in [-0.2, -0.15) is 4.52 Å². The van der Waals surface area contributed by atoms with Gasteiger partial charge in [-0.3, -0.25) is 9.59 Å². The molecule has 1 saturated heterocycles. The topological polar surface area (TPSA) is 70.8 Å². The number of carbonyl (C=O) groups excluding carboxylic acids is 1. The number of amides is 1. The Morgan fingerprint density at radius 1 is 1.33 bits per heavy atom. The van der Waals surface area contributed by atoms with E-state index in [-0.39, 0.29) is 17.5 Å². The molecule has 3 heterocycles. The van der Waals surface area contributed by atoms with Crippen LogP contribution in [0.4, 0.5) is 5.13 Å². The van der Waals surface area contributed by atoms with Crippen LogP contribution < -0.4 is 10.5 Å². The van der Waals surface area contributed by atoms with E-state index in [1.54, 1.807) is 11.8 Å². The molecule has 8 heteroatoms. The standard InChI is InChI=1S/C19H21N5O2S/c1-13-11-16(25)24-18(20-13)27-19(21-24)23-10-6-9-15(23)17(26)22(2)12-14-7-4-3-5-8-14/h3-5,7-8,11,15H,6,9-10,12H2,1-2H3. The molecule has 1 aromatic carbocycles. The highest BCUT2D eigenvalue weighted by atomic mass is 32.1. The third-order valence-electron chi connectivity index (χ3n) is 4.78. The number of aryl methyl sites for hydroxylation is 1. The number of benzene rings is 1. The van der Waals surface area contributed by atoms with Crippen LogP contribution in [-0.4, -0.2) is 45.0 Å². The van der Waals surface area contributed by atoms with E-state index in [4.69, 9.17) is 0 Å². The SMILES string of the molecule is Cc1cc(=O)n2nc(N3CCCC3C(=O)N(C)Cc3ccccc3)sc2n1. The van der Waals surface area contributed by atoms with E-state index in [0.29, 0.717) is 22.3 Å². The van der Waals surface area contributed by atoms with Crippen molar-refractivity contribution < 1.29 is 4.79 Å². The number of hydrogen-bond donors (Lipinski definition) is 0. The average molecular weight is 383 g/mol. The highest BCUT2D eigenvalue weighted by Crippen LogP contribution is 2.30. The largest absolute Gasteiger partial charge is 0.340 e. The normalized spacial score (nSPS) is 16.8. The van der Waals surface area contributed by atoms with Crippen molar-refractivity contribution in [2.75, 3.05) is 18.5 Å². The first kappa shape index (κ1) is 17.7. The summed E-state index contributed by atoms with van der Waals surface area (Å²) in [6, 6.07) is 11.2. The Morgan fingerprint density at radius 2 is 2.11 bits per heavy atom. The van der Waals surface area contributed by atoms with E-state index < -0.39 is 0 Å². The first-order valence-corrected chi connectivity index (χ1v) is 9.77. The van der Waals surface area contributed by atoms with Crippen molar-refractivity contribution in [3.05, 3.63) is 58.0 Å². The van der Waals surface area contributed by atoms with E-state index in [0.717, 1.165) is 24.9 Å². The van der Waals surface area contributed by atoms with Gasteiger partial charge in [0, 0.05) is 31.9 Å². The Morgan fingerprint density at radius 3 is 2.89 bits per heavy atom. The number of hydrogen-bond acceptors (Lipinski definition) is 6. The van der Waals surface area contributed by atoms with Crippen LogP contribution in [0.15, 0.2) is 41.2 Å². The zero-order valence-corrected chi connectivity index (χ0v) is 16.1. The molecule has 3 aromatic rings. The Hall–Kier alpha value is -2.74. The first-order chi connectivity index (χ1) is 13.0. The van der Waals surface area contributed by atoms with Gasteiger partial charge in [0.15, 0.2) is 0 Å². The molecule has 0 aliphatic carbocycles. The predicted molar refractivity (Wildman–Crippen MR) is 105 cm³/mol. The summed E-state index contributed by atoms with van der Waals surface area (Å²) in [7, 11) is 1.83. The number of anilines is 1. The fourth-order valence-electron chi connectivity index (χ4n) is 3.47. The molecule has 1 aliphatic heterocycles. The van der Waals surface area contributed by atoms with Crippen LogP contribution in [0.2, 0.25) is 0 Å². The lowest BCUT2D eigenvalue weighted by Gasteiger charge is -2.27. The lowest BCUT2D eigenvalue weighted by Crippen LogP contribution is -2.44. The van der Waals surface area contributed by atoms with Gasteiger partial charge in [0.25, 0.3) is 5.56 Å². The molecule has 0 saturated carbocycles. The summed E-state index contributed by atoms with van der Waals surface area (Å²) in [6.45, 7) is 3.12. The summed E-state index contributed by atoms with van der Waals surface area (Å²) >= 11 is 1.36. The van der Waals surface area contributed by atoms with Gasteiger partial charge in [-0.15, -0.1) is 5.10 Å². The summed E-state index contributed by atoms with van der Waals surface area (Å²) in [5.41, 5.74) is 1.58. The van der Waals surface area contributed by atoms with E-state index in [9.17, 15) is 9.59 Å². The molecule has 2 aromatic heterocycles. The molecule has 0 bridgehead atoms. The van der Waals surface area contributed by atoms with Crippen LogP contribution in [-0.2, 0) is 11.3 Å². The van der Waals surface area contributed by atoms with Crippen molar-refractivity contribution in [3.8, 4) is 0 Å². The minimum absolute atomic E-state index is 0.0760.